The lowest BCUT2D eigenvalue weighted by Gasteiger charge is -2.30. The molecule has 0 spiro atoms. The number of hydrogen-bond acceptors (Lipinski definition) is 2. The minimum Gasteiger partial charge on any atom is -0.324 e. The van der Waals surface area contributed by atoms with E-state index in [0.717, 1.165) is 22.8 Å². The van der Waals surface area contributed by atoms with E-state index >= 15 is 0 Å². The predicted molar refractivity (Wildman–Crippen MR) is 85.3 cm³/mol. The van der Waals surface area contributed by atoms with Crippen molar-refractivity contribution in [3.8, 4) is 6.07 Å². The minimum atomic E-state index is 0.396. The molecular weight excluding hydrogens is 282 g/mol. The van der Waals surface area contributed by atoms with E-state index in [1.54, 1.807) is 0 Å². The third kappa shape index (κ3) is 2.53. The van der Waals surface area contributed by atoms with Crippen LogP contribution in [0.1, 0.15) is 56.5 Å². The van der Waals surface area contributed by atoms with Crippen LogP contribution in [0.4, 0.5) is 0 Å². The summed E-state index contributed by atoms with van der Waals surface area (Å²) in [6, 6.07) is 8.53. The van der Waals surface area contributed by atoms with Gasteiger partial charge in [0.25, 0.3) is 0 Å². The fourth-order valence-electron chi connectivity index (χ4n) is 3.57. The first-order valence-corrected chi connectivity index (χ1v) is 8.27. The Kier molecular flexibility index (Phi) is 4.17. The van der Waals surface area contributed by atoms with Gasteiger partial charge in [0.15, 0.2) is 0 Å². The molecule has 1 aromatic carbocycles. The maximum Gasteiger partial charge on any atom is 0.125 e. The lowest BCUT2D eigenvalue weighted by molar-refractivity contribution is 0.270. The molecular formula is C17H20ClN3. The van der Waals surface area contributed by atoms with E-state index in [1.165, 1.54) is 32.1 Å². The van der Waals surface area contributed by atoms with Crippen LogP contribution in [0.3, 0.4) is 0 Å². The van der Waals surface area contributed by atoms with Crippen LogP contribution in [-0.2, 0) is 5.88 Å². The highest BCUT2D eigenvalue weighted by atomic mass is 35.5. The lowest BCUT2D eigenvalue weighted by Crippen LogP contribution is -2.19. The standard InChI is InChI=1S/C17H20ClN3/c1-2-12-6-8-14(9-7-12)21-15-5-3-4-13(11-19)17(15)20-16(21)10-18/h3-5,12,14H,2,6-10H2,1H3. The van der Waals surface area contributed by atoms with Crippen LogP contribution in [-0.4, -0.2) is 9.55 Å². The van der Waals surface area contributed by atoms with Gasteiger partial charge in [0.2, 0.25) is 0 Å². The first kappa shape index (κ1) is 14.4. The Balaban J connectivity index is 2.04. The number of alkyl halides is 1. The molecule has 4 heteroatoms. The average Bonchev–Trinajstić information content (AvgIpc) is 2.93. The molecule has 0 radical (unpaired) electrons. The van der Waals surface area contributed by atoms with Crippen molar-refractivity contribution in [2.45, 2.75) is 50.9 Å². The maximum absolute atomic E-state index is 9.25. The molecule has 0 saturated heterocycles. The Morgan fingerprint density at radius 3 is 2.71 bits per heavy atom. The van der Waals surface area contributed by atoms with Crippen molar-refractivity contribution >= 4 is 22.6 Å². The van der Waals surface area contributed by atoms with Crippen molar-refractivity contribution in [3.63, 3.8) is 0 Å². The molecule has 0 bridgehead atoms. The van der Waals surface area contributed by atoms with Gasteiger partial charge in [-0.25, -0.2) is 4.98 Å². The van der Waals surface area contributed by atoms with Gasteiger partial charge in [0, 0.05) is 6.04 Å². The van der Waals surface area contributed by atoms with Crippen molar-refractivity contribution < 1.29 is 0 Å². The molecule has 0 aliphatic heterocycles. The number of nitriles is 1. The fourth-order valence-corrected chi connectivity index (χ4v) is 3.76. The van der Waals surface area contributed by atoms with Gasteiger partial charge < -0.3 is 4.57 Å². The van der Waals surface area contributed by atoms with E-state index in [1.807, 2.05) is 12.1 Å². The quantitative estimate of drug-likeness (QED) is 0.765. The smallest absolute Gasteiger partial charge is 0.125 e. The summed E-state index contributed by atoms with van der Waals surface area (Å²) in [5.74, 6) is 2.16. The molecule has 0 unspecified atom stereocenters. The van der Waals surface area contributed by atoms with E-state index in [-0.39, 0.29) is 0 Å². The second kappa shape index (κ2) is 6.07. The molecule has 3 rings (SSSR count). The van der Waals surface area contributed by atoms with Gasteiger partial charge in [-0.3, -0.25) is 0 Å². The van der Waals surface area contributed by atoms with Crippen LogP contribution in [0.25, 0.3) is 11.0 Å². The van der Waals surface area contributed by atoms with E-state index in [2.05, 4.69) is 28.6 Å². The van der Waals surface area contributed by atoms with Crippen molar-refractivity contribution in [2.24, 2.45) is 5.92 Å². The third-order valence-electron chi connectivity index (χ3n) is 4.79. The summed E-state index contributed by atoms with van der Waals surface area (Å²) in [5, 5.41) is 9.25. The molecule has 2 aromatic rings. The summed E-state index contributed by atoms with van der Waals surface area (Å²) in [7, 11) is 0. The maximum atomic E-state index is 9.25. The van der Waals surface area contributed by atoms with Gasteiger partial charge in [-0.2, -0.15) is 5.26 Å². The summed E-state index contributed by atoms with van der Waals surface area (Å²) in [6.07, 6.45) is 6.20. The van der Waals surface area contributed by atoms with Crippen molar-refractivity contribution in [1.82, 2.24) is 9.55 Å². The van der Waals surface area contributed by atoms with E-state index in [0.29, 0.717) is 17.5 Å². The summed E-state index contributed by atoms with van der Waals surface area (Å²) in [5.41, 5.74) is 2.50. The van der Waals surface area contributed by atoms with Crippen LogP contribution in [0.15, 0.2) is 18.2 Å². The Hall–Kier alpha value is -1.53. The summed E-state index contributed by atoms with van der Waals surface area (Å²) < 4.78 is 2.29. The van der Waals surface area contributed by atoms with Gasteiger partial charge in [-0.15, -0.1) is 11.6 Å². The molecule has 110 valence electrons. The number of benzene rings is 1. The van der Waals surface area contributed by atoms with Gasteiger partial charge in [0.05, 0.1) is 17.0 Å². The number of para-hydroxylation sites is 1. The number of fused-ring (bicyclic) bond motifs is 1. The van der Waals surface area contributed by atoms with Gasteiger partial charge >= 0.3 is 0 Å². The summed E-state index contributed by atoms with van der Waals surface area (Å²) >= 11 is 6.11. The molecule has 1 fully saturated rings. The van der Waals surface area contributed by atoms with Gasteiger partial charge in [-0.05, 0) is 43.7 Å². The Morgan fingerprint density at radius 2 is 2.10 bits per heavy atom. The SMILES string of the molecule is CCC1CCC(n2c(CCl)nc3c(C#N)cccc32)CC1. The van der Waals surface area contributed by atoms with E-state index in [4.69, 9.17) is 11.6 Å². The van der Waals surface area contributed by atoms with Crippen LogP contribution < -0.4 is 0 Å². The highest BCUT2D eigenvalue weighted by Crippen LogP contribution is 2.37. The van der Waals surface area contributed by atoms with E-state index < -0.39 is 0 Å². The van der Waals surface area contributed by atoms with Crippen LogP contribution in [0, 0.1) is 17.2 Å². The monoisotopic (exact) mass is 301 g/mol. The molecule has 0 atom stereocenters. The van der Waals surface area contributed by atoms with E-state index in [9.17, 15) is 5.26 Å². The average molecular weight is 302 g/mol. The molecule has 1 heterocycles. The molecule has 1 aliphatic rings. The number of halogens is 1. The Morgan fingerprint density at radius 1 is 1.33 bits per heavy atom. The van der Waals surface area contributed by atoms with Gasteiger partial charge in [0.1, 0.15) is 17.4 Å². The number of nitrogens with zero attached hydrogens (tertiary/aromatic N) is 3. The zero-order valence-electron chi connectivity index (χ0n) is 12.3. The molecule has 0 N–H and O–H groups in total. The molecule has 3 nitrogen and oxygen atoms in total. The van der Waals surface area contributed by atoms with Crippen molar-refractivity contribution in [3.05, 3.63) is 29.6 Å². The van der Waals surface area contributed by atoms with Crippen LogP contribution >= 0.6 is 11.6 Å². The first-order chi connectivity index (χ1) is 10.3. The fraction of sp³-hybridized carbons (Fsp3) is 0.529. The number of imidazole rings is 1. The topological polar surface area (TPSA) is 41.6 Å². The second-order valence-electron chi connectivity index (χ2n) is 5.90. The number of hydrogen-bond donors (Lipinski definition) is 0. The Bertz CT molecular complexity index is 675. The first-order valence-electron chi connectivity index (χ1n) is 7.74. The van der Waals surface area contributed by atoms with Crippen molar-refractivity contribution in [1.29, 1.82) is 5.26 Å². The molecule has 0 amide bonds. The number of rotatable bonds is 3. The summed E-state index contributed by atoms with van der Waals surface area (Å²) in [4.78, 5) is 4.62. The van der Waals surface area contributed by atoms with Crippen molar-refractivity contribution in [2.75, 3.05) is 0 Å². The van der Waals surface area contributed by atoms with Crippen LogP contribution in [0.5, 0.6) is 0 Å². The number of aromatic nitrogens is 2. The summed E-state index contributed by atoms with van der Waals surface area (Å²) in [6.45, 7) is 2.28. The Labute approximate surface area is 130 Å². The largest absolute Gasteiger partial charge is 0.324 e. The second-order valence-corrected chi connectivity index (χ2v) is 6.17. The molecule has 21 heavy (non-hydrogen) atoms. The van der Waals surface area contributed by atoms with Gasteiger partial charge in [-0.1, -0.05) is 19.4 Å². The van der Waals surface area contributed by atoms with Crippen LogP contribution in [0.2, 0.25) is 0 Å². The zero-order valence-corrected chi connectivity index (χ0v) is 13.1. The molecule has 1 aromatic heterocycles. The highest BCUT2D eigenvalue weighted by Gasteiger charge is 2.25. The third-order valence-corrected chi connectivity index (χ3v) is 5.03. The normalized spacial score (nSPS) is 22.3. The highest BCUT2D eigenvalue weighted by molar-refractivity contribution is 6.16. The molecule has 1 saturated carbocycles. The zero-order chi connectivity index (χ0) is 14.8. The molecule has 1 aliphatic carbocycles. The predicted octanol–water partition coefficient (Wildman–Crippen LogP) is 4.79. The lowest BCUT2D eigenvalue weighted by atomic mass is 9.84. The minimum absolute atomic E-state index is 0.396.